The fraction of sp³-hybridized carbons (Fsp3) is 0.312. The van der Waals surface area contributed by atoms with Gasteiger partial charge in [0, 0.05) is 12.6 Å². The van der Waals surface area contributed by atoms with E-state index >= 15 is 0 Å². The highest BCUT2D eigenvalue weighted by molar-refractivity contribution is 7.46. The van der Waals surface area contributed by atoms with E-state index in [2.05, 4.69) is 15.0 Å². The first-order valence-electron chi connectivity index (χ1n) is 8.67. The van der Waals surface area contributed by atoms with Crippen LogP contribution < -0.4 is 0 Å². The van der Waals surface area contributed by atoms with Gasteiger partial charge in [-0.1, -0.05) is 6.07 Å². The monoisotopic (exact) mass is 421 g/mol. The van der Waals surface area contributed by atoms with Crippen molar-refractivity contribution in [2.24, 2.45) is 0 Å². The third-order valence-electron chi connectivity index (χ3n) is 4.87. The first kappa shape index (κ1) is 18.4. The van der Waals surface area contributed by atoms with Crippen LogP contribution in [-0.2, 0) is 13.8 Å². The number of imidazole rings is 2. The summed E-state index contributed by atoms with van der Waals surface area (Å²) >= 11 is 0. The third-order valence-corrected chi connectivity index (χ3v) is 5.42. The molecule has 1 aliphatic heterocycles. The molecule has 1 saturated heterocycles. The van der Waals surface area contributed by atoms with Gasteiger partial charge < -0.3 is 29.3 Å². The average Bonchev–Trinajstić information content (AvgIpc) is 3.32. The van der Waals surface area contributed by atoms with E-state index in [4.69, 9.17) is 19.0 Å². The van der Waals surface area contributed by atoms with Crippen LogP contribution in [-0.4, -0.2) is 62.7 Å². The van der Waals surface area contributed by atoms with Crippen molar-refractivity contribution in [3.05, 3.63) is 30.7 Å². The van der Waals surface area contributed by atoms with Crippen molar-refractivity contribution in [2.75, 3.05) is 6.61 Å². The highest BCUT2D eigenvalue weighted by Gasteiger charge is 2.40. The first-order valence-corrected chi connectivity index (χ1v) is 10.2. The number of phenols is 1. The molecule has 29 heavy (non-hydrogen) atoms. The van der Waals surface area contributed by atoms with Crippen LogP contribution in [0.25, 0.3) is 28.0 Å². The molecule has 1 aliphatic rings. The van der Waals surface area contributed by atoms with Gasteiger partial charge in [0.15, 0.2) is 5.65 Å². The fourth-order valence-electron chi connectivity index (χ4n) is 3.64. The number of aliphatic hydroxyl groups excluding tert-OH is 1. The van der Waals surface area contributed by atoms with Crippen molar-refractivity contribution < 1.29 is 33.8 Å². The number of hydrogen-bond acceptors (Lipinski definition) is 8. The summed E-state index contributed by atoms with van der Waals surface area (Å²) in [5, 5.41) is 19.5. The summed E-state index contributed by atoms with van der Waals surface area (Å²) in [6.07, 6.45) is 0.780. The van der Waals surface area contributed by atoms with Gasteiger partial charge in [-0.2, -0.15) is 4.98 Å². The van der Waals surface area contributed by atoms with Gasteiger partial charge in [0.25, 0.3) is 0 Å². The van der Waals surface area contributed by atoms with Crippen LogP contribution in [0.2, 0.25) is 0 Å². The molecule has 3 atom stereocenters. The molecule has 0 spiro atoms. The lowest BCUT2D eigenvalue weighted by Gasteiger charge is -2.16. The number of aliphatic hydroxyl groups is 1. The van der Waals surface area contributed by atoms with Gasteiger partial charge >= 0.3 is 7.82 Å². The number of ether oxygens (including phenoxy) is 1. The van der Waals surface area contributed by atoms with Crippen LogP contribution in [0.15, 0.2) is 30.7 Å². The molecule has 4 heterocycles. The maximum absolute atomic E-state index is 11.2. The molecule has 1 fully saturated rings. The van der Waals surface area contributed by atoms with Gasteiger partial charge in [-0.25, -0.2) is 14.5 Å². The molecule has 12 nitrogen and oxygen atoms in total. The molecule has 13 heteroatoms. The van der Waals surface area contributed by atoms with E-state index in [1.165, 1.54) is 12.4 Å². The SMILES string of the molecule is O=P(O)(O)O[C@H]1C[C@H](n2cnc3nc4nc5c(O)cccc5n4c3c2)O[C@@H]1CO. The van der Waals surface area contributed by atoms with Crippen LogP contribution in [0, 0.1) is 0 Å². The predicted octanol–water partition coefficient (Wildman–Crippen LogP) is 0.695. The first-order chi connectivity index (χ1) is 13.8. The Morgan fingerprint density at radius 2 is 2.10 bits per heavy atom. The van der Waals surface area contributed by atoms with Crippen molar-refractivity contribution in [2.45, 2.75) is 24.9 Å². The summed E-state index contributed by atoms with van der Waals surface area (Å²) in [4.78, 5) is 31.2. The van der Waals surface area contributed by atoms with Gasteiger partial charge in [0.2, 0.25) is 5.78 Å². The Balaban J connectivity index is 1.57. The highest BCUT2D eigenvalue weighted by Crippen LogP contribution is 2.43. The topological polar surface area (TPSA) is 164 Å². The standard InChI is InChI=1S/C16H16N5O7P/c22-6-12-11(28-29(24,25)26)4-13(27-12)20-5-9-15(17-7-20)19-16-18-14-8(21(9)16)2-1-3-10(14)23/h1-3,5,7,11-13,22-23H,4,6H2,(H2,24,25,26)/t11-,12+,13+/m0/s1. The Labute approximate surface area is 162 Å². The number of aromatic hydroxyl groups is 1. The Hall–Kier alpha value is -2.60. The van der Waals surface area contributed by atoms with E-state index in [0.717, 1.165) is 0 Å². The molecule has 0 saturated carbocycles. The van der Waals surface area contributed by atoms with Crippen molar-refractivity contribution in [3.8, 4) is 5.75 Å². The van der Waals surface area contributed by atoms with Crippen LogP contribution in [0.5, 0.6) is 5.75 Å². The van der Waals surface area contributed by atoms with Crippen molar-refractivity contribution in [3.63, 3.8) is 0 Å². The largest absolute Gasteiger partial charge is 0.506 e. The smallest absolute Gasteiger partial charge is 0.469 e. The molecular weight excluding hydrogens is 405 g/mol. The summed E-state index contributed by atoms with van der Waals surface area (Å²) in [7, 11) is -4.73. The number of phosphoric ester groups is 1. The number of para-hydroxylation sites is 1. The van der Waals surface area contributed by atoms with Crippen molar-refractivity contribution >= 4 is 35.8 Å². The zero-order chi connectivity index (χ0) is 20.3. The van der Waals surface area contributed by atoms with Gasteiger partial charge in [0.1, 0.15) is 35.2 Å². The van der Waals surface area contributed by atoms with Crippen LogP contribution >= 0.6 is 7.82 Å². The Morgan fingerprint density at radius 3 is 2.86 bits per heavy atom. The number of benzene rings is 1. The normalized spacial score (nSPS) is 22.9. The quantitative estimate of drug-likeness (QED) is 0.345. The van der Waals surface area contributed by atoms with E-state index in [1.807, 2.05) is 0 Å². The Morgan fingerprint density at radius 1 is 1.28 bits per heavy atom. The number of phosphoric acid groups is 1. The predicted molar refractivity (Wildman–Crippen MR) is 98.0 cm³/mol. The third kappa shape index (κ3) is 3.06. The molecule has 0 unspecified atom stereocenters. The fourth-order valence-corrected chi connectivity index (χ4v) is 4.21. The maximum Gasteiger partial charge on any atom is 0.469 e. The van der Waals surface area contributed by atoms with E-state index in [0.29, 0.717) is 28.0 Å². The molecule has 0 aliphatic carbocycles. The number of nitrogens with zero attached hydrogens (tertiary/aromatic N) is 5. The maximum atomic E-state index is 11.2. The number of hydrogen-bond donors (Lipinski definition) is 4. The summed E-state index contributed by atoms with van der Waals surface area (Å²) in [6.45, 7) is -0.453. The second kappa shape index (κ2) is 6.46. The van der Waals surface area contributed by atoms with Gasteiger partial charge in [-0.15, -0.1) is 0 Å². The number of phenolic OH excluding ortho intramolecular Hbond substituents is 1. The lowest BCUT2D eigenvalue weighted by Crippen LogP contribution is -2.26. The second-order valence-electron chi connectivity index (χ2n) is 6.72. The van der Waals surface area contributed by atoms with E-state index in [9.17, 15) is 14.8 Å². The van der Waals surface area contributed by atoms with E-state index < -0.39 is 32.9 Å². The van der Waals surface area contributed by atoms with Crippen LogP contribution in [0.4, 0.5) is 0 Å². The summed E-state index contributed by atoms with van der Waals surface area (Å²) in [6, 6.07) is 5.04. The van der Waals surface area contributed by atoms with E-state index in [-0.39, 0.29) is 12.2 Å². The van der Waals surface area contributed by atoms with Gasteiger partial charge in [-0.05, 0) is 12.1 Å². The number of fused-ring (bicyclic) bond motifs is 5. The molecule has 5 rings (SSSR count). The molecule has 1 aromatic carbocycles. The van der Waals surface area contributed by atoms with Crippen molar-refractivity contribution in [1.29, 1.82) is 0 Å². The molecule has 0 radical (unpaired) electrons. The average molecular weight is 421 g/mol. The lowest BCUT2D eigenvalue weighted by molar-refractivity contribution is -0.0440. The number of aromatic nitrogens is 5. The molecule has 4 N–H and O–H groups in total. The minimum atomic E-state index is -4.73. The van der Waals surface area contributed by atoms with Gasteiger partial charge in [0.05, 0.1) is 18.5 Å². The molecule has 4 aromatic rings. The Kier molecular flexibility index (Phi) is 4.10. The molecule has 152 valence electrons. The summed E-state index contributed by atoms with van der Waals surface area (Å²) in [5.74, 6) is 0.422. The van der Waals surface area contributed by atoms with Crippen LogP contribution in [0.3, 0.4) is 0 Å². The Bertz CT molecular complexity index is 1280. The van der Waals surface area contributed by atoms with Crippen LogP contribution in [0.1, 0.15) is 12.6 Å². The molecular formula is C16H16N5O7P. The lowest BCUT2D eigenvalue weighted by atomic mass is 10.2. The number of rotatable bonds is 4. The molecule has 3 aromatic heterocycles. The minimum absolute atomic E-state index is 0.0419. The van der Waals surface area contributed by atoms with E-state index in [1.54, 1.807) is 27.3 Å². The minimum Gasteiger partial charge on any atom is -0.506 e. The summed E-state index contributed by atoms with van der Waals surface area (Å²) < 4.78 is 25.0. The molecule has 0 amide bonds. The van der Waals surface area contributed by atoms with Gasteiger partial charge in [-0.3, -0.25) is 8.92 Å². The van der Waals surface area contributed by atoms with Crippen molar-refractivity contribution in [1.82, 2.24) is 23.9 Å². The highest BCUT2D eigenvalue weighted by atomic mass is 31.2. The summed E-state index contributed by atoms with van der Waals surface area (Å²) in [5.41, 5.74) is 2.12. The zero-order valence-corrected chi connectivity index (χ0v) is 15.6. The zero-order valence-electron chi connectivity index (χ0n) is 14.7. The molecule has 0 bridgehead atoms. The second-order valence-corrected chi connectivity index (χ2v) is 7.91.